The molecule has 0 aliphatic rings. The van der Waals surface area contributed by atoms with E-state index in [9.17, 15) is 0 Å². The normalized spacial score (nSPS) is 11.1. The minimum absolute atomic E-state index is 0.193. The summed E-state index contributed by atoms with van der Waals surface area (Å²) in [6.45, 7) is 6.56. The molecular formula is C13H17N3O. The molecule has 90 valence electrons. The Morgan fingerprint density at radius 2 is 1.94 bits per heavy atom. The van der Waals surface area contributed by atoms with Crippen molar-refractivity contribution in [2.75, 3.05) is 0 Å². The van der Waals surface area contributed by atoms with E-state index in [-0.39, 0.29) is 6.10 Å². The maximum Gasteiger partial charge on any atom is 0.163 e. The van der Waals surface area contributed by atoms with Crippen molar-refractivity contribution in [3.05, 3.63) is 42.0 Å². The van der Waals surface area contributed by atoms with E-state index in [1.165, 1.54) is 5.56 Å². The van der Waals surface area contributed by atoms with E-state index >= 15 is 0 Å². The first-order chi connectivity index (χ1) is 8.16. The van der Waals surface area contributed by atoms with Gasteiger partial charge >= 0.3 is 0 Å². The molecule has 0 aliphatic carbocycles. The number of rotatable bonds is 4. The van der Waals surface area contributed by atoms with Gasteiger partial charge in [0.1, 0.15) is 12.9 Å². The van der Waals surface area contributed by atoms with Gasteiger partial charge in [-0.2, -0.15) is 0 Å². The summed E-state index contributed by atoms with van der Waals surface area (Å²) in [5.74, 6) is 0.822. The van der Waals surface area contributed by atoms with E-state index in [0.29, 0.717) is 6.61 Å². The number of hydrogen-bond acceptors (Lipinski definition) is 3. The van der Waals surface area contributed by atoms with Crippen LogP contribution in [0.25, 0.3) is 5.69 Å². The lowest BCUT2D eigenvalue weighted by Gasteiger charge is -2.09. The number of hydrogen-bond donors (Lipinski definition) is 0. The van der Waals surface area contributed by atoms with Crippen LogP contribution in [0.3, 0.4) is 0 Å². The Kier molecular flexibility index (Phi) is 3.54. The molecule has 2 aromatic rings. The number of nitrogens with zero attached hydrogens (tertiary/aromatic N) is 3. The molecule has 0 spiro atoms. The van der Waals surface area contributed by atoms with Gasteiger partial charge in [0.25, 0.3) is 0 Å². The highest BCUT2D eigenvalue weighted by molar-refractivity contribution is 5.34. The van der Waals surface area contributed by atoms with Crippen LogP contribution in [-0.2, 0) is 11.3 Å². The molecule has 1 aromatic carbocycles. The van der Waals surface area contributed by atoms with Gasteiger partial charge in [-0.1, -0.05) is 17.7 Å². The minimum Gasteiger partial charge on any atom is -0.371 e. The molecule has 0 amide bonds. The molecule has 0 bridgehead atoms. The van der Waals surface area contributed by atoms with Crippen LogP contribution < -0.4 is 0 Å². The van der Waals surface area contributed by atoms with Gasteiger partial charge in [0.15, 0.2) is 5.82 Å². The Hall–Kier alpha value is -1.68. The van der Waals surface area contributed by atoms with Crippen LogP contribution in [0.5, 0.6) is 0 Å². The Balaban J connectivity index is 2.21. The topological polar surface area (TPSA) is 39.9 Å². The van der Waals surface area contributed by atoms with Gasteiger partial charge in [-0.25, -0.2) is 0 Å². The summed E-state index contributed by atoms with van der Waals surface area (Å²) in [6, 6.07) is 8.25. The van der Waals surface area contributed by atoms with Gasteiger partial charge in [0.2, 0.25) is 0 Å². The summed E-state index contributed by atoms with van der Waals surface area (Å²) in [7, 11) is 0. The summed E-state index contributed by atoms with van der Waals surface area (Å²) in [6.07, 6.45) is 1.90. The van der Waals surface area contributed by atoms with Gasteiger partial charge in [0, 0.05) is 5.69 Å². The third-order valence-electron chi connectivity index (χ3n) is 2.48. The Bertz CT molecular complexity index is 474. The van der Waals surface area contributed by atoms with Crippen molar-refractivity contribution in [2.24, 2.45) is 0 Å². The van der Waals surface area contributed by atoms with Crippen molar-refractivity contribution in [1.29, 1.82) is 0 Å². The molecule has 2 rings (SSSR count). The standard InChI is InChI=1S/C13H17N3O/c1-10(2)17-8-13-15-14-9-16(13)12-6-4-11(3)5-7-12/h4-7,9-10H,8H2,1-3H3. The van der Waals surface area contributed by atoms with E-state index in [1.807, 2.05) is 18.4 Å². The van der Waals surface area contributed by atoms with Crippen molar-refractivity contribution in [2.45, 2.75) is 33.5 Å². The summed E-state index contributed by atoms with van der Waals surface area (Å²) in [5, 5.41) is 8.01. The van der Waals surface area contributed by atoms with E-state index in [0.717, 1.165) is 11.5 Å². The largest absolute Gasteiger partial charge is 0.371 e. The molecule has 1 aromatic heterocycles. The highest BCUT2D eigenvalue weighted by Gasteiger charge is 2.07. The fraction of sp³-hybridized carbons (Fsp3) is 0.385. The molecule has 0 N–H and O–H groups in total. The molecule has 0 radical (unpaired) electrons. The second kappa shape index (κ2) is 5.10. The van der Waals surface area contributed by atoms with E-state index in [1.54, 1.807) is 6.33 Å². The fourth-order valence-electron chi connectivity index (χ4n) is 1.52. The zero-order valence-electron chi connectivity index (χ0n) is 10.4. The van der Waals surface area contributed by atoms with Gasteiger partial charge in [-0.3, -0.25) is 4.57 Å². The lowest BCUT2D eigenvalue weighted by atomic mass is 10.2. The molecule has 17 heavy (non-hydrogen) atoms. The first kappa shape index (κ1) is 11.8. The van der Waals surface area contributed by atoms with Crippen molar-refractivity contribution in [3.8, 4) is 5.69 Å². The zero-order valence-corrected chi connectivity index (χ0v) is 10.4. The van der Waals surface area contributed by atoms with Crippen molar-refractivity contribution in [1.82, 2.24) is 14.8 Å². The number of ether oxygens (including phenoxy) is 1. The predicted molar refractivity (Wildman–Crippen MR) is 66.0 cm³/mol. The SMILES string of the molecule is Cc1ccc(-n2cnnc2COC(C)C)cc1. The molecule has 1 heterocycles. The highest BCUT2D eigenvalue weighted by Crippen LogP contribution is 2.11. The molecule has 0 fully saturated rings. The van der Waals surface area contributed by atoms with Crippen LogP contribution >= 0.6 is 0 Å². The van der Waals surface area contributed by atoms with Crippen LogP contribution in [-0.4, -0.2) is 20.9 Å². The average Bonchev–Trinajstić information content (AvgIpc) is 2.75. The number of aromatic nitrogens is 3. The zero-order chi connectivity index (χ0) is 12.3. The maximum atomic E-state index is 5.55. The number of benzene rings is 1. The third kappa shape index (κ3) is 2.91. The van der Waals surface area contributed by atoms with E-state index in [4.69, 9.17) is 4.74 Å². The smallest absolute Gasteiger partial charge is 0.163 e. The molecule has 4 heteroatoms. The van der Waals surface area contributed by atoms with Crippen molar-refractivity contribution in [3.63, 3.8) is 0 Å². The molecule has 0 unspecified atom stereocenters. The average molecular weight is 231 g/mol. The summed E-state index contributed by atoms with van der Waals surface area (Å²) < 4.78 is 7.50. The van der Waals surface area contributed by atoms with E-state index < -0.39 is 0 Å². The molecule has 4 nitrogen and oxygen atoms in total. The highest BCUT2D eigenvalue weighted by atomic mass is 16.5. The summed E-state index contributed by atoms with van der Waals surface area (Å²) >= 11 is 0. The van der Waals surface area contributed by atoms with Crippen molar-refractivity contribution >= 4 is 0 Å². The maximum absolute atomic E-state index is 5.55. The fourth-order valence-corrected chi connectivity index (χ4v) is 1.52. The Morgan fingerprint density at radius 1 is 1.24 bits per heavy atom. The molecule has 0 atom stereocenters. The van der Waals surface area contributed by atoms with Gasteiger partial charge in [-0.15, -0.1) is 10.2 Å². The lowest BCUT2D eigenvalue weighted by molar-refractivity contribution is 0.0604. The van der Waals surface area contributed by atoms with Crippen molar-refractivity contribution < 1.29 is 4.74 Å². The van der Waals surface area contributed by atoms with Gasteiger partial charge in [0.05, 0.1) is 6.10 Å². The Morgan fingerprint density at radius 3 is 2.59 bits per heavy atom. The third-order valence-corrected chi connectivity index (χ3v) is 2.48. The molecular weight excluding hydrogens is 214 g/mol. The van der Waals surface area contributed by atoms with Crippen LogP contribution in [0.15, 0.2) is 30.6 Å². The first-order valence-electron chi connectivity index (χ1n) is 5.74. The molecule has 0 saturated carbocycles. The number of aryl methyl sites for hydroxylation is 1. The first-order valence-corrected chi connectivity index (χ1v) is 5.74. The second-order valence-electron chi connectivity index (χ2n) is 4.31. The van der Waals surface area contributed by atoms with Gasteiger partial charge < -0.3 is 4.74 Å². The Labute approximate surface area is 101 Å². The van der Waals surface area contributed by atoms with Crippen LogP contribution in [0.1, 0.15) is 25.2 Å². The molecule has 0 saturated heterocycles. The predicted octanol–water partition coefficient (Wildman–Crippen LogP) is 2.50. The van der Waals surface area contributed by atoms with Crippen LogP contribution in [0.2, 0.25) is 0 Å². The summed E-state index contributed by atoms with van der Waals surface area (Å²) in [4.78, 5) is 0. The molecule has 0 aliphatic heterocycles. The monoisotopic (exact) mass is 231 g/mol. The minimum atomic E-state index is 0.193. The van der Waals surface area contributed by atoms with Crippen LogP contribution in [0, 0.1) is 6.92 Å². The van der Waals surface area contributed by atoms with E-state index in [2.05, 4.69) is 41.4 Å². The lowest BCUT2D eigenvalue weighted by Crippen LogP contribution is -2.07. The second-order valence-corrected chi connectivity index (χ2v) is 4.31. The van der Waals surface area contributed by atoms with Crippen LogP contribution in [0.4, 0.5) is 0 Å². The van der Waals surface area contributed by atoms with Gasteiger partial charge in [-0.05, 0) is 32.9 Å². The summed E-state index contributed by atoms with van der Waals surface area (Å²) in [5.41, 5.74) is 2.30. The quantitative estimate of drug-likeness (QED) is 0.811.